The van der Waals surface area contributed by atoms with Crippen LogP contribution in [0.5, 0.6) is 0 Å². The smallest absolute Gasteiger partial charge is 0.250 e. The number of thiophene rings is 1. The quantitative estimate of drug-likeness (QED) is 0.238. The van der Waals surface area contributed by atoms with Crippen LogP contribution in [0.25, 0.3) is 22.5 Å². The number of amides is 2. The van der Waals surface area contributed by atoms with Crippen LogP contribution in [0.15, 0.2) is 71.7 Å². The average molecular weight is 504 g/mol. The molecule has 9 heteroatoms. The van der Waals surface area contributed by atoms with Gasteiger partial charge < -0.3 is 11.1 Å². The van der Waals surface area contributed by atoms with Crippen molar-refractivity contribution in [2.75, 3.05) is 11.1 Å². The number of hydrogen-bond donors (Lipinski definition) is 2. The van der Waals surface area contributed by atoms with Crippen molar-refractivity contribution >= 4 is 40.6 Å². The molecule has 3 N–H and O–H groups in total. The molecule has 2 aromatic carbocycles. The van der Waals surface area contributed by atoms with Gasteiger partial charge in [0.1, 0.15) is 0 Å². The number of nitrogens with two attached hydrogens (primary N) is 1. The van der Waals surface area contributed by atoms with E-state index in [9.17, 15) is 9.59 Å². The Hall–Kier alpha value is -3.69. The van der Waals surface area contributed by atoms with Gasteiger partial charge in [0.15, 0.2) is 11.0 Å². The van der Waals surface area contributed by atoms with Crippen molar-refractivity contribution in [3.8, 4) is 22.5 Å². The maximum absolute atomic E-state index is 12.6. The number of carbonyl (C=O) groups is 2. The zero-order valence-electron chi connectivity index (χ0n) is 19.4. The van der Waals surface area contributed by atoms with Crippen molar-refractivity contribution in [1.29, 1.82) is 0 Å². The number of carbonyl (C=O) groups excluding carboxylic acids is 2. The van der Waals surface area contributed by atoms with E-state index in [1.807, 2.05) is 4.57 Å². The first-order chi connectivity index (χ1) is 16.9. The van der Waals surface area contributed by atoms with E-state index < -0.39 is 5.91 Å². The first kappa shape index (κ1) is 24.4. The summed E-state index contributed by atoms with van der Waals surface area (Å²) in [6, 6.07) is 15.1. The molecule has 4 rings (SSSR count). The number of aryl methyl sites for hydroxylation is 2. The third kappa shape index (κ3) is 5.36. The Morgan fingerprint density at radius 3 is 2.60 bits per heavy atom. The SMILES string of the molecule is C=CCn1c(SCC(=O)Nc2ccccc2C(N)=O)nnc1-c1csc(C)c1-c1ccc(C)cc1. The molecule has 0 spiro atoms. The topological polar surface area (TPSA) is 103 Å². The lowest BCUT2D eigenvalue weighted by Crippen LogP contribution is -2.19. The normalized spacial score (nSPS) is 10.8. The maximum atomic E-state index is 12.6. The summed E-state index contributed by atoms with van der Waals surface area (Å²) >= 11 is 2.94. The first-order valence-corrected chi connectivity index (χ1v) is 12.8. The average Bonchev–Trinajstić information content (AvgIpc) is 3.41. The molecule has 178 valence electrons. The number of para-hydroxylation sites is 1. The second-order valence-electron chi connectivity index (χ2n) is 7.90. The summed E-state index contributed by atoms with van der Waals surface area (Å²) in [5.74, 6) is -0.0492. The number of primary amides is 1. The maximum Gasteiger partial charge on any atom is 0.250 e. The summed E-state index contributed by atoms with van der Waals surface area (Å²) in [6.07, 6.45) is 1.78. The van der Waals surface area contributed by atoms with E-state index in [0.717, 1.165) is 22.5 Å². The summed E-state index contributed by atoms with van der Waals surface area (Å²) in [4.78, 5) is 25.4. The first-order valence-electron chi connectivity index (χ1n) is 10.9. The summed E-state index contributed by atoms with van der Waals surface area (Å²) in [5, 5.41) is 14.3. The Morgan fingerprint density at radius 2 is 1.89 bits per heavy atom. The van der Waals surface area contributed by atoms with Crippen molar-refractivity contribution < 1.29 is 9.59 Å². The molecule has 0 radical (unpaired) electrons. The Bertz CT molecular complexity index is 1390. The van der Waals surface area contributed by atoms with Gasteiger partial charge in [-0.2, -0.15) is 0 Å². The Morgan fingerprint density at radius 1 is 1.14 bits per heavy atom. The second-order valence-corrected chi connectivity index (χ2v) is 9.93. The highest BCUT2D eigenvalue weighted by atomic mass is 32.2. The van der Waals surface area contributed by atoms with Gasteiger partial charge in [-0.15, -0.1) is 28.1 Å². The van der Waals surface area contributed by atoms with Crippen LogP contribution in [0.4, 0.5) is 5.69 Å². The van der Waals surface area contributed by atoms with E-state index in [0.29, 0.717) is 17.4 Å². The fourth-order valence-electron chi connectivity index (χ4n) is 3.71. The molecule has 2 amide bonds. The molecule has 0 aliphatic heterocycles. The van der Waals surface area contributed by atoms with Crippen LogP contribution in [0.3, 0.4) is 0 Å². The lowest BCUT2D eigenvalue weighted by Gasteiger charge is -2.11. The van der Waals surface area contributed by atoms with E-state index in [-0.39, 0.29) is 17.2 Å². The van der Waals surface area contributed by atoms with Crippen molar-refractivity contribution in [3.05, 3.63) is 82.6 Å². The van der Waals surface area contributed by atoms with Gasteiger partial charge in [0.25, 0.3) is 5.91 Å². The van der Waals surface area contributed by atoms with E-state index in [4.69, 9.17) is 5.73 Å². The van der Waals surface area contributed by atoms with Crippen molar-refractivity contribution in [1.82, 2.24) is 14.8 Å². The van der Waals surface area contributed by atoms with Gasteiger partial charge >= 0.3 is 0 Å². The molecule has 0 saturated carbocycles. The van der Waals surface area contributed by atoms with E-state index in [1.165, 1.54) is 22.2 Å². The van der Waals surface area contributed by atoms with Gasteiger partial charge in [-0.1, -0.05) is 59.8 Å². The largest absolute Gasteiger partial charge is 0.366 e. The number of rotatable bonds is 9. The molecule has 35 heavy (non-hydrogen) atoms. The Labute approximate surface area is 212 Å². The predicted octanol–water partition coefficient (Wildman–Crippen LogP) is 5.31. The van der Waals surface area contributed by atoms with Gasteiger partial charge in [-0.3, -0.25) is 14.2 Å². The lowest BCUT2D eigenvalue weighted by atomic mass is 10.0. The van der Waals surface area contributed by atoms with Gasteiger partial charge in [-0.25, -0.2) is 0 Å². The van der Waals surface area contributed by atoms with Gasteiger partial charge in [-0.05, 0) is 31.5 Å². The number of nitrogens with zero attached hydrogens (tertiary/aromatic N) is 3. The van der Waals surface area contributed by atoms with Crippen LogP contribution in [0.2, 0.25) is 0 Å². The van der Waals surface area contributed by atoms with Crippen LogP contribution in [-0.4, -0.2) is 32.3 Å². The highest BCUT2D eigenvalue weighted by Crippen LogP contribution is 2.39. The fraction of sp³-hybridized carbons (Fsp3) is 0.154. The van der Waals surface area contributed by atoms with Crippen molar-refractivity contribution in [3.63, 3.8) is 0 Å². The Balaban J connectivity index is 1.58. The van der Waals surface area contributed by atoms with Gasteiger partial charge in [0.2, 0.25) is 5.91 Å². The minimum atomic E-state index is -0.598. The minimum absolute atomic E-state index is 0.0931. The molecule has 0 saturated heterocycles. The molecule has 2 aromatic heterocycles. The fourth-order valence-corrected chi connectivity index (χ4v) is 5.32. The number of aromatic nitrogens is 3. The number of nitrogens with one attached hydrogen (secondary N) is 1. The van der Waals surface area contributed by atoms with Crippen LogP contribution in [0.1, 0.15) is 20.8 Å². The lowest BCUT2D eigenvalue weighted by molar-refractivity contribution is -0.113. The monoisotopic (exact) mass is 503 g/mol. The zero-order valence-corrected chi connectivity index (χ0v) is 21.1. The molecule has 0 atom stereocenters. The molecule has 4 aromatic rings. The minimum Gasteiger partial charge on any atom is -0.366 e. The van der Waals surface area contributed by atoms with Crippen LogP contribution in [-0.2, 0) is 11.3 Å². The van der Waals surface area contributed by atoms with E-state index in [2.05, 4.69) is 65.6 Å². The van der Waals surface area contributed by atoms with Crippen LogP contribution < -0.4 is 11.1 Å². The highest BCUT2D eigenvalue weighted by molar-refractivity contribution is 7.99. The molecular weight excluding hydrogens is 478 g/mol. The van der Waals surface area contributed by atoms with Gasteiger partial charge in [0.05, 0.1) is 17.0 Å². The molecule has 0 aliphatic rings. The summed E-state index contributed by atoms with van der Waals surface area (Å²) in [6.45, 7) is 8.54. The summed E-state index contributed by atoms with van der Waals surface area (Å²) < 4.78 is 1.96. The zero-order chi connectivity index (χ0) is 24.9. The second kappa shape index (κ2) is 10.7. The highest BCUT2D eigenvalue weighted by Gasteiger charge is 2.21. The summed E-state index contributed by atoms with van der Waals surface area (Å²) in [5.41, 5.74) is 10.5. The molecule has 7 nitrogen and oxygen atoms in total. The Kier molecular flexibility index (Phi) is 7.48. The van der Waals surface area contributed by atoms with Crippen LogP contribution in [0, 0.1) is 13.8 Å². The van der Waals surface area contributed by atoms with Gasteiger partial charge in [0, 0.05) is 27.9 Å². The molecule has 0 aliphatic carbocycles. The third-order valence-corrected chi connectivity index (χ3v) is 7.26. The molecule has 0 bridgehead atoms. The van der Waals surface area contributed by atoms with E-state index >= 15 is 0 Å². The molecular formula is C26H25N5O2S2. The summed E-state index contributed by atoms with van der Waals surface area (Å²) in [7, 11) is 0. The van der Waals surface area contributed by atoms with E-state index in [1.54, 1.807) is 41.7 Å². The number of anilines is 1. The molecule has 2 heterocycles. The van der Waals surface area contributed by atoms with Crippen molar-refractivity contribution in [2.24, 2.45) is 5.73 Å². The number of allylic oxidation sites excluding steroid dienone is 1. The van der Waals surface area contributed by atoms with Crippen molar-refractivity contribution in [2.45, 2.75) is 25.5 Å². The molecule has 0 unspecified atom stereocenters. The predicted molar refractivity (Wildman–Crippen MR) is 143 cm³/mol. The van der Waals surface area contributed by atoms with Crippen LogP contribution >= 0.6 is 23.1 Å². The molecule has 0 fully saturated rings. The number of benzene rings is 2. The number of thioether (sulfide) groups is 1. The number of hydrogen-bond acceptors (Lipinski definition) is 6. The standard InChI is InChI=1S/C26H25N5O2S2/c1-4-13-31-25(20-14-34-17(3)23(20)18-11-9-16(2)10-12-18)29-30-26(31)35-15-22(32)28-21-8-6-5-7-19(21)24(27)33/h4-12,14H,1,13,15H2,2-3H3,(H2,27,33)(H,28,32). The third-order valence-electron chi connectivity index (χ3n) is 5.38.